The number of thioether (sulfide) groups is 1. The van der Waals surface area contributed by atoms with Crippen molar-refractivity contribution in [3.05, 3.63) is 36.5 Å². The molecule has 0 aliphatic rings. The molecule has 7 nitrogen and oxygen atoms in total. The summed E-state index contributed by atoms with van der Waals surface area (Å²) < 4.78 is 29.2. The highest BCUT2D eigenvalue weighted by Crippen LogP contribution is 2.41. The predicted molar refractivity (Wildman–Crippen MR) is 120 cm³/mol. The molecule has 0 aliphatic carbocycles. The van der Waals surface area contributed by atoms with Crippen molar-refractivity contribution < 1.29 is 19.0 Å². The van der Waals surface area contributed by atoms with Crippen molar-refractivity contribution in [2.75, 3.05) is 20.8 Å². The number of hydrogen-bond acceptors (Lipinski definition) is 6. The Hall–Kier alpha value is -2.78. The Balaban J connectivity index is 1.97. The van der Waals surface area contributed by atoms with Crippen molar-refractivity contribution in [3.8, 4) is 22.8 Å². The van der Waals surface area contributed by atoms with E-state index in [2.05, 4.69) is 30.9 Å². The molecule has 0 fully saturated rings. The average molecular weight is 445 g/mol. The van der Waals surface area contributed by atoms with Crippen molar-refractivity contribution in [1.29, 1.82) is 0 Å². The molecule has 4 aromatic rings. The van der Waals surface area contributed by atoms with Gasteiger partial charge in [-0.15, -0.1) is 11.8 Å². The van der Waals surface area contributed by atoms with Crippen LogP contribution in [0.4, 0.5) is 4.39 Å². The third-order valence-corrected chi connectivity index (χ3v) is 5.91. The highest BCUT2D eigenvalue weighted by molar-refractivity contribution is 8.00. The Bertz CT molecular complexity index is 1260. The van der Waals surface area contributed by atoms with Gasteiger partial charge in [0.15, 0.2) is 11.6 Å². The van der Waals surface area contributed by atoms with Crippen molar-refractivity contribution in [2.45, 2.75) is 37.0 Å². The van der Waals surface area contributed by atoms with Crippen LogP contribution in [0.5, 0.6) is 11.5 Å². The number of ether oxygens (including phenoxy) is 2. The van der Waals surface area contributed by atoms with Crippen molar-refractivity contribution in [2.24, 2.45) is 0 Å². The van der Waals surface area contributed by atoms with Gasteiger partial charge in [-0.2, -0.15) is 5.10 Å². The summed E-state index contributed by atoms with van der Waals surface area (Å²) in [7, 11) is 3.05. The van der Waals surface area contributed by atoms with E-state index < -0.39 is 5.82 Å². The van der Waals surface area contributed by atoms with Crippen LogP contribution in [0.2, 0.25) is 0 Å². The smallest absolute Gasteiger partial charge is 0.182 e. The second kappa shape index (κ2) is 8.05. The largest absolute Gasteiger partial charge is 0.495 e. The summed E-state index contributed by atoms with van der Waals surface area (Å²) >= 11 is 1.69. The Morgan fingerprint density at radius 1 is 1.16 bits per heavy atom. The van der Waals surface area contributed by atoms with Crippen LogP contribution in [-0.2, 0) is 6.54 Å². The Morgan fingerprint density at radius 2 is 1.94 bits per heavy atom. The van der Waals surface area contributed by atoms with Crippen molar-refractivity contribution in [3.63, 3.8) is 0 Å². The number of rotatable bonds is 6. The number of aliphatic hydroxyl groups is 1. The lowest BCUT2D eigenvalue weighted by molar-refractivity contribution is 0.269. The minimum absolute atomic E-state index is 0.0212. The lowest BCUT2D eigenvalue weighted by atomic mass is 10.1. The summed E-state index contributed by atoms with van der Waals surface area (Å²) in [6.45, 7) is 6.63. The fourth-order valence-electron chi connectivity index (χ4n) is 3.54. The van der Waals surface area contributed by atoms with Crippen molar-refractivity contribution in [1.82, 2.24) is 19.2 Å². The van der Waals surface area contributed by atoms with Gasteiger partial charge in [0.25, 0.3) is 0 Å². The topological polar surface area (TPSA) is 73.8 Å². The number of halogens is 1. The minimum atomic E-state index is -0.507. The maximum atomic E-state index is 14.9. The molecule has 3 heterocycles. The molecule has 31 heavy (non-hydrogen) atoms. The maximum absolute atomic E-state index is 14.9. The molecular formula is C22H25FN4O3S. The number of fused-ring (bicyclic) bond motifs is 2. The summed E-state index contributed by atoms with van der Waals surface area (Å²) in [6, 6.07) is 3.32. The number of pyridine rings is 1. The molecule has 1 N–H and O–H groups in total. The zero-order valence-corrected chi connectivity index (χ0v) is 19.0. The number of methoxy groups -OCH3 is 2. The first-order valence-electron chi connectivity index (χ1n) is 9.84. The number of aliphatic hydroxyl groups excluding tert-OH is 1. The number of hydrogen-bond donors (Lipinski definition) is 1. The molecule has 0 amide bonds. The van der Waals surface area contributed by atoms with Gasteiger partial charge in [0.2, 0.25) is 0 Å². The van der Waals surface area contributed by atoms with E-state index >= 15 is 0 Å². The molecule has 0 bridgehead atoms. The summed E-state index contributed by atoms with van der Waals surface area (Å²) in [5.41, 5.74) is 2.46. The molecule has 0 aliphatic heterocycles. The van der Waals surface area contributed by atoms with Crippen LogP contribution in [0.15, 0.2) is 35.6 Å². The van der Waals surface area contributed by atoms with Crippen LogP contribution in [0.25, 0.3) is 27.8 Å². The fraction of sp³-hybridized carbons (Fsp3) is 0.364. The van der Waals surface area contributed by atoms with Crippen LogP contribution in [0, 0.1) is 5.82 Å². The van der Waals surface area contributed by atoms with E-state index in [1.165, 1.54) is 13.2 Å². The highest BCUT2D eigenvalue weighted by atomic mass is 32.2. The Labute approximate surface area is 183 Å². The molecule has 164 valence electrons. The fourth-order valence-corrected chi connectivity index (χ4v) is 4.61. The van der Waals surface area contributed by atoms with Crippen molar-refractivity contribution >= 4 is 28.3 Å². The zero-order valence-electron chi connectivity index (χ0n) is 18.1. The van der Waals surface area contributed by atoms with Gasteiger partial charge in [-0.3, -0.25) is 9.08 Å². The van der Waals surface area contributed by atoms with Crippen LogP contribution in [0.3, 0.4) is 0 Å². The third-order valence-electron chi connectivity index (χ3n) is 4.78. The normalized spacial score (nSPS) is 12.1. The van der Waals surface area contributed by atoms with E-state index in [-0.39, 0.29) is 17.1 Å². The van der Waals surface area contributed by atoms with Gasteiger partial charge in [0.05, 0.1) is 44.2 Å². The molecule has 3 aromatic heterocycles. The second-order valence-corrected chi connectivity index (χ2v) is 9.98. The van der Waals surface area contributed by atoms with Gasteiger partial charge in [0.1, 0.15) is 16.9 Å². The molecular weight excluding hydrogens is 419 g/mol. The molecule has 0 radical (unpaired) electrons. The molecule has 0 spiro atoms. The molecule has 4 rings (SSSR count). The van der Waals surface area contributed by atoms with E-state index in [9.17, 15) is 9.50 Å². The van der Waals surface area contributed by atoms with Gasteiger partial charge in [-0.1, -0.05) is 20.8 Å². The van der Waals surface area contributed by atoms with Gasteiger partial charge >= 0.3 is 0 Å². The lowest BCUT2D eigenvalue weighted by Crippen LogP contribution is -2.07. The minimum Gasteiger partial charge on any atom is -0.495 e. The third kappa shape index (κ3) is 3.95. The first-order valence-corrected chi connectivity index (χ1v) is 10.7. The van der Waals surface area contributed by atoms with Gasteiger partial charge in [-0.25, -0.2) is 9.37 Å². The van der Waals surface area contributed by atoms with Gasteiger partial charge in [-0.05, 0) is 6.07 Å². The van der Waals surface area contributed by atoms with E-state index in [0.29, 0.717) is 28.7 Å². The monoisotopic (exact) mass is 444 g/mol. The van der Waals surface area contributed by atoms with Crippen LogP contribution in [0.1, 0.15) is 20.8 Å². The number of nitrogens with zero attached hydrogens (tertiary/aromatic N) is 4. The number of imidazole rings is 1. The standard InChI is InChI=1S/C22H25FN4O3S/c1-22(2,3)31-18-12-27-16(10-24-19(27)9-17(18)29-4)13-8-15(23)21(30-5)20-14(13)11-26(25-20)6-7-28/h8-12,28H,6-7H2,1-5H3. The molecule has 0 unspecified atom stereocenters. The van der Waals surface area contributed by atoms with Gasteiger partial charge in [0, 0.05) is 34.2 Å². The second-order valence-electron chi connectivity index (χ2n) is 8.11. The molecule has 0 saturated heterocycles. The van der Waals surface area contributed by atoms with E-state index in [4.69, 9.17) is 9.47 Å². The number of benzene rings is 1. The average Bonchev–Trinajstić information content (AvgIpc) is 3.29. The highest BCUT2D eigenvalue weighted by Gasteiger charge is 2.22. The predicted octanol–water partition coefficient (Wildman–Crippen LogP) is 4.39. The summed E-state index contributed by atoms with van der Waals surface area (Å²) in [4.78, 5) is 5.48. The van der Waals surface area contributed by atoms with E-state index in [0.717, 1.165) is 16.3 Å². The maximum Gasteiger partial charge on any atom is 0.182 e. The quantitative estimate of drug-likeness (QED) is 0.445. The Kier molecular flexibility index (Phi) is 5.57. The van der Waals surface area contributed by atoms with Crippen LogP contribution >= 0.6 is 11.8 Å². The van der Waals surface area contributed by atoms with Crippen LogP contribution < -0.4 is 9.47 Å². The molecule has 9 heteroatoms. The van der Waals surface area contributed by atoms with Crippen LogP contribution in [-0.4, -0.2) is 49.8 Å². The number of aromatic nitrogens is 4. The zero-order chi connectivity index (χ0) is 22.3. The molecule has 0 atom stereocenters. The van der Waals surface area contributed by atoms with E-state index in [1.807, 2.05) is 16.7 Å². The first kappa shape index (κ1) is 21.5. The van der Waals surface area contributed by atoms with E-state index in [1.54, 1.807) is 35.9 Å². The summed E-state index contributed by atoms with van der Waals surface area (Å²) in [6.07, 6.45) is 5.47. The SMILES string of the molecule is COc1cc2ncc(-c3cc(F)c(OC)c4nn(CCO)cc34)n2cc1SC(C)(C)C. The lowest BCUT2D eigenvalue weighted by Gasteiger charge is -2.20. The molecule has 0 saturated carbocycles. The van der Waals surface area contributed by atoms with Gasteiger partial charge < -0.3 is 14.6 Å². The summed E-state index contributed by atoms with van der Waals surface area (Å²) in [5, 5.41) is 14.4. The summed E-state index contributed by atoms with van der Waals surface area (Å²) in [5.74, 6) is 0.313. The first-order chi connectivity index (χ1) is 14.8. The molecule has 1 aromatic carbocycles. The Morgan fingerprint density at radius 3 is 2.58 bits per heavy atom.